The average Bonchev–Trinajstić information content (AvgIpc) is 3.35. The van der Waals surface area contributed by atoms with Crippen molar-refractivity contribution in [2.24, 2.45) is 0 Å². The lowest BCUT2D eigenvalue weighted by molar-refractivity contribution is -0.577. The van der Waals surface area contributed by atoms with Gasteiger partial charge in [-0.3, -0.25) is 14.5 Å². The van der Waals surface area contributed by atoms with Gasteiger partial charge < -0.3 is 5.11 Å². The number of pyridine rings is 1. The van der Waals surface area contributed by atoms with E-state index in [0.717, 1.165) is 16.0 Å². The molecule has 7 nitrogen and oxygen atoms in total. The summed E-state index contributed by atoms with van der Waals surface area (Å²) >= 11 is 0. The van der Waals surface area contributed by atoms with Crippen LogP contribution in [0.4, 0.5) is 4.39 Å². The van der Waals surface area contributed by atoms with Gasteiger partial charge in [0.05, 0.1) is 17.9 Å². The summed E-state index contributed by atoms with van der Waals surface area (Å²) in [6, 6.07) is 16.4. The molecule has 0 atom stereocenters. The predicted molar refractivity (Wildman–Crippen MR) is 134 cm³/mol. The Morgan fingerprint density at radius 3 is 2.30 bits per heavy atom. The minimum absolute atomic E-state index is 0.0180. The maximum Gasteiger partial charge on any atom is 0.327 e. The Kier molecular flexibility index (Phi) is 6.17. The molecule has 2 aromatic heterocycles. The van der Waals surface area contributed by atoms with Gasteiger partial charge in [-0.25, -0.2) is 9.07 Å². The van der Waals surface area contributed by atoms with Gasteiger partial charge in [-0.1, -0.05) is 37.3 Å². The highest BCUT2D eigenvalue weighted by Crippen LogP contribution is 2.37. The lowest BCUT2D eigenvalue weighted by Gasteiger charge is -2.15. The van der Waals surface area contributed by atoms with Crippen LogP contribution < -0.4 is 9.67 Å². The van der Waals surface area contributed by atoms with Crippen molar-refractivity contribution < 1.29 is 23.7 Å². The lowest BCUT2D eigenvalue weighted by atomic mass is 10.0. The number of imide groups is 1. The Morgan fingerprint density at radius 2 is 1.65 bits per heavy atom. The van der Waals surface area contributed by atoms with Crippen molar-refractivity contribution >= 4 is 23.1 Å². The van der Waals surface area contributed by atoms with Gasteiger partial charge in [0.25, 0.3) is 11.6 Å². The van der Waals surface area contributed by atoms with Crippen LogP contribution >= 0.6 is 0 Å². The van der Waals surface area contributed by atoms with Gasteiger partial charge in [0.1, 0.15) is 11.4 Å². The minimum atomic E-state index is -0.588. The van der Waals surface area contributed by atoms with E-state index in [1.807, 2.05) is 32.9 Å². The summed E-state index contributed by atoms with van der Waals surface area (Å²) in [5, 5.41) is 18.2. The first kappa shape index (κ1) is 24.1. The lowest BCUT2D eigenvalue weighted by Crippen LogP contribution is -2.39. The molecule has 0 unspecified atom stereocenters. The van der Waals surface area contributed by atoms with Crippen LogP contribution in [0.25, 0.3) is 17.0 Å². The van der Waals surface area contributed by atoms with E-state index in [0.29, 0.717) is 23.4 Å². The molecule has 0 N–H and O–H groups in total. The van der Waals surface area contributed by atoms with E-state index in [1.54, 1.807) is 41.2 Å². The van der Waals surface area contributed by atoms with Crippen LogP contribution in [0.5, 0.6) is 5.88 Å². The second kappa shape index (κ2) is 9.46. The molecule has 1 aliphatic heterocycles. The van der Waals surface area contributed by atoms with Crippen molar-refractivity contribution in [2.45, 2.75) is 33.7 Å². The summed E-state index contributed by atoms with van der Waals surface area (Å²) in [6.45, 7) is 5.65. The van der Waals surface area contributed by atoms with Gasteiger partial charge in [0.15, 0.2) is 12.4 Å². The Hall–Kier alpha value is -4.59. The zero-order chi connectivity index (χ0) is 26.3. The monoisotopic (exact) mass is 496 g/mol. The van der Waals surface area contributed by atoms with Gasteiger partial charge in [-0.2, -0.15) is 9.67 Å². The summed E-state index contributed by atoms with van der Waals surface area (Å²) in [5.41, 5.74) is 3.75. The zero-order valence-corrected chi connectivity index (χ0v) is 20.7. The Balaban J connectivity index is 1.71. The highest BCUT2D eigenvalue weighted by Gasteiger charge is 2.46. The molecule has 0 bridgehead atoms. The molecule has 0 saturated carbocycles. The van der Waals surface area contributed by atoms with Gasteiger partial charge in [0, 0.05) is 17.2 Å². The highest BCUT2D eigenvalue weighted by molar-refractivity contribution is 6.44. The van der Waals surface area contributed by atoms with Gasteiger partial charge in [-0.05, 0) is 61.5 Å². The van der Waals surface area contributed by atoms with Crippen molar-refractivity contribution in [3.63, 3.8) is 0 Å². The van der Waals surface area contributed by atoms with Crippen molar-refractivity contribution in [3.05, 3.63) is 107 Å². The largest absolute Gasteiger partial charge is 0.858 e. The normalized spacial score (nSPS) is 13.7. The Morgan fingerprint density at radius 1 is 0.946 bits per heavy atom. The smallest absolute Gasteiger partial charge is 0.327 e. The maximum absolute atomic E-state index is 13.9. The summed E-state index contributed by atoms with van der Waals surface area (Å²) in [7, 11) is 0. The van der Waals surface area contributed by atoms with Gasteiger partial charge in [-0.15, -0.1) is 0 Å². The number of hydrogen-bond donors (Lipinski definition) is 0. The highest BCUT2D eigenvalue weighted by atomic mass is 19.1. The molecular weight excluding hydrogens is 471 g/mol. The zero-order valence-electron chi connectivity index (χ0n) is 20.7. The first-order chi connectivity index (χ1) is 17.8. The third-order valence-electron chi connectivity index (χ3n) is 6.60. The quantitative estimate of drug-likeness (QED) is 0.302. The third kappa shape index (κ3) is 4.20. The Labute approximate surface area is 213 Å². The maximum atomic E-state index is 13.9. The molecule has 2 aromatic carbocycles. The van der Waals surface area contributed by atoms with Crippen molar-refractivity contribution in [2.75, 3.05) is 0 Å². The van der Waals surface area contributed by atoms with E-state index < -0.39 is 23.5 Å². The van der Waals surface area contributed by atoms with E-state index in [-0.39, 0.29) is 23.4 Å². The van der Waals surface area contributed by atoms with Crippen LogP contribution in [0.1, 0.15) is 34.9 Å². The summed E-state index contributed by atoms with van der Waals surface area (Å²) in [6.07, 6.45) is 3.87. The van der Waals surface area contributed by atoms with Crippen LogP contribution in [0.3, 0.4) is 0 Å². The van der Waals surface area contributed by atoms with Crippen LogP contribution in [-0.4, -0.2) is 26.5 Å². The number of halogens is 1. The summed E-state index contributed by atoms with van der Waals surface area (Å²) < 4.78 is 16.3. The summed E-state index contributed by atoms with van der Waals surface area (Å²) in [4.78, 5) is 28.7. The molecule has 0 radical (unpaired) electrons. The standard InChI is InChI=1S/C29H25FN4O3/c1-4-23-24(28(36)34(31-23)22-8-6-5-7-9-22)25-26(32-15-14-18(2)19(3)16-32)29(37)33(27(25)35)17-20-10-12-21(30)13-11-20/h5-16H,4,17H2,1-3H3. The first-order valence-electron chi connectivity index (χ1n) is 12.0. The van der Waals surface area contributed by atoms with Crippen LogP contribution in [0.2, 0.25) is 0 Å². The molecular formula is C29H25FN4O3. The summed E-state index contributed by atoms with van der Waals surface area (Å²) in [5.74, 6) is -2.00. The van der Waals surface area contributed by atoms with Crippen molar-refractivity contribution in [1.29, 1.82) is 0 Å². The molecule has 5 rings (SSSR count). The number of hydrogen-bond acceptors (Lipinski definition) is 4. The number of aromatic nitrogens is 3. The molecule has 37 heavy (non-hydrogen) atoms. The Bertz CT molecular complexity index is 1560. The van der Waals surface area contributed by atoms with Crippen molar-refractivity contribution in [3.8, 4) is 11.6 Å². The SMILES string of the molecule is CCc1nn(-c2ccccc2)c([O-])c1C1=C([n+]2ccc(C)c(C)c2)C(=O)N(Cc2ccc(F)cc2)C1=O. The fourth-order valence-corrected chi connectivity index (χ4v) is 4.45. The molecule has 0 saturated heterocycles. The predicted octanol–water partition coefficient (Wildman–Crippen LogP) is 3.49. The first-order valence-corrected chi connectivity index (χ1v) is 12.0. The number of nitrogens with zero attached hydrogens (tertiary/aromatic N) is 4. The fourth-order valence-electron chi connectivity index (χ4n) is 4.45. The van der Waals surface area contributed by atoms with Gasteiger partial charge >= 0.3 is 5.91 Å². The van der Waals surface area contributed by atoms with E-state index in [2.05, 4.69) is 5.10 Å². The van der Waals surface area contributed by atoms with Crippen LogP contribution in [0.15, 0.2) is 73.1 Å². The molecule has 3 heterocycles. The van der Waals surface area contributed by atoms with Gasteiger partial charge in [0.2, 0.25) is 0 Å². The van der Waals surface area contributed by atoms with E-state index >= 15 is 0 Å². The molecule has 0 fully saturated rings. The average molecular weight is 497 g/mol. The third-order valence-corrected chi connectivity index (χ3v) is 6.60. The molecule has 4 aromatic rings. The molecule has 8 heteroatoms. The minimum Gasteiger partial charge on any atom is -0.858 e. The molecule has 1 aliphatic rings. The van der Waals surface area contributed by atoms with Crippen molar-refractivity contribution in [1.82, 2.24) is 14.7 Å². The number of amides is 2. The molecule has 0 aliphatic carbocycles. The number of benzene rings is 2. The number of carbonyl (C=O) groups is 2. The van der Waals surface area contributed by atoms with E-state index in [1.165, 1.54) is 28.9 Å². The molecule has 186 valence electrons. The molecule has 2 amide bonds. The fraction of sp³-hybridized carbons (Fsp3) is 0.172. The van der Waals surface area contributed by atoms with Crippen LogP contribution in [-0.2, 0) is 22.6 Å². The number of carbonyl (C=O) groups excluding carboxylic acids is 2. The van der Waals surface area contributed by atoms with Crippen LogP contribution in [0, 0.1) is 19.7 Å². The number of rotatable bonds is 6. The van der Waals surface area contributed by atoms with E-state index in [4.69, 9.17) is 0 Å². The topological polar surface area (TPSA) is 82.1 Å². The number of para-hydroxylation sites is 1. The molecule has 0 spiro atoms. The second-order valence-electron chi connectivity index (χ2n) is 8.99. The van der Waals surface area contributed by atoms with E-state index in [9.17, 15) is 19.1 Å². The second-order valence-corrected chi connectivity index (χ2v) is 8.99. The number of aryl methyl sites for hydroxylation is 3.